The number of carbonyl (C=O) groups excluding carboxylic acids is 1. The van der Waals surface area contributed by atoms with Gasteiger partial charge in [-0.25, -0.2) is 18.4 Å². The maximum atomic E-state index is 12.2. The predicted octanol–water partition coefficient (Wildman–Crippen LogP) is 0.433. The van der Waals surface area contributed by atoms with Crippen LogP contribution in [0.4, 0.5) is 5.95 Å². The van der Waals surface area contributed by atoms with Crippen molar-refractivity contribution in [3.8, 4) is 0 Å². The molecule has 3 heterocycles. The van der Waals surface area contributed by atoms with Gasteiger partial charge in [0.15, 0.2) is 20.5 Å². The van der Waals surface area contributed by atoms with E-state index in [1.807, 2.05) is 35.2 Å². The van der Waals surface area contributed by atoms with E-state index in [1.54, 1.807) is 0 Å². The van der Waals surface area contributed by atoms with Crippen LogP contribution in [0.3, 0.4) is 0 Å². The Balaban J connectivity index is 1.85. The largest absolute Gasteiger partial charge is 0.377 e. The standard InChI is InChI=1S/C17H18N6O4S/c1-28(25,26)16-12-14(20-15(21-16)13(18)24)22-17(19-12)23-7-8-27-9-11(23)10-5-3-2-4-6-10/h2-6,11H,7-9H2,1H3,(H2,18,24)(H,19,20,21,22)/t11-/m0/s1. The van der Waals surface area contributed by atoms with E-state index in [2.05, 4.69) is 19.9 Å². The fourth-order valence-corrected chi connectivity index (χ4v) is 3.95. The Kier molecular flexibility index (Phi) is 4.47. The first-order valence-electron chi connectivity index (χ1n) is 8.51. The first kappa shape index (κ1) is 18.3. The summed E-state index contributed by atoms with van der Waals surface area (Å²) in [6, 6.07) is 9.67. The van der Waals surface area contributed by atoms with Gasteiger partial charge in [-0.15, -0.1) is 0 Å². The quantitative estimate of drug-likeness (QED) is 0.598. The molecule has 0 saturated carbocycles. The third kappa shape index (κ3) is 3.29. The molecular weight excluding hydrogens is 384 g/mol. The summed E-state index contributed by atoms with van der Waals surface area (Å²) >= 11 is 0. The number of morpholine rings is 1. The van der Waals surface area contributed by atoms with Crippen LogP contribution in [-0.2, 0) is 14.6 Å². The zero-order chi connectivity index (χ0) is 19.9. The summed E-state index contributed by atoms with van der Waals surface area (Å²) in [6.07, 6.45) is 1.00. The summed E-state index contributed by atoms with van der Waals surface area (Å²) in [5.74, 6) is -0.898. The number of amides is 1. The highest BCUT2D eigenvalue weighted by atomic mass is 32.2. The number of carbonyl (C=O) groups is 1. The van der Waals surface area contributed by atoms with Crippen LogP contribution in [-0.4, -0.2) is 60.3 Å². The maximum Gasteiger partial charge on any atom is 0.286 e. The van der Waals surface area contributed by atoms with Gasteiger partial charge in [-0.05, 0) is 5.56 Å². The zero-order valence-electron chi connectivity index (χ0n) is 15.0. The number of nitrogens with zero attached hydrogens (tertiary/aromatic N) is 4. The number of primary amides is 1. The number of anilines is 1. The average Bonchev–Trinajstić information content (AvgIpc) is 3.11. The van der Waals surface area contributed by atoms with Crippen molar-refractivity contribution >= 4 is 32.9 Å². The maximum absolute atomic E-state index is 12.2. The third-order valence-electron chi connectivity index (χ3n) is 4.46. The highest BCUT2D eigenvalue weighted by Gasteiger charge is 2.29. The van der Waals surface area contributed by atoms with E-state index in [0.717, 1.165) is 11.8 Å². The molecule has 28 heavy (non-hydrogen) atoms. The number of nitrogens with one attached hydrogen (secondary N) is 1. The van der Waals surface area contributed by atoms with Gasteiger partial charge in [-0.1, -0.05) is 30.3 Å². The molecule has 3 N–H and O–H groups in total. The smallest absolute Gasteiger partial charge is 0.286 e. The first-order valence-corrected chi connectivity index (χ1v) is 10.4. The second-order valence-corrected chi connectivity index (χ2v) is 8.37. The van der Waals surface area contributed by atoms with Crippen molar-refractivity contribution in [2.45, 2.75) is 11.1 Å². The van der Waals surface area contributed by atoms with Gasteiger partial charge >= 0.3 is 0 Å². The van der Waals surface area contributed by atoms with Crippen molar-refractivity contribution in [2.24, 2.45) is 5.73 Å². The summed E-state index contributed by atoms with van der Waals surface area (Å²) in [5, 5.41) is -0.311. The van der Waals surface area contributed by atoms with Crippen molar-refractivity contribution in [3.63, 3.8) is 0 Å². The fraction of sp³-hybridized carbons (Fsp3) is 0.294. The molecular formula is C17H18N6O4S. The highest BCUT2D eigenvalue weighted by molar-refractivity contribution is 7.90. The molecule has 1 aliphatic rings. The number of hydrogen-bond acceptors (Lipinski definition) is 8. The zero-order valence-corrected chi connectivity index (χ0v) is 15.8. The van der Waals surface area contributed by atoms with Crippen LogP contribution in [0.2, 0.25) is 0 Å². The van der Waals surface area contributed by atoms with Crippen LogP contribution in [0.25, 0.3) is 11.2 Å². The molecule has 0 radical (unpaired) electrons. The lowest BCUT2D eigenvalue weighted by Crippen LogP contribution is -2.40. The van der Waals surface area contributed by atoms with Crippen LogP contribution in [0.15, 0.2) is 35.4 Å². The van der Waals surface area contributed by atoms with Gasteiger partial charge in [-0.3, -0.25) is 4.79 Å². The second kappa shape index (κ2) is 6.84. The molecule has 0 bridgehead atoms. The second-order valence-electron chi connectivity index (χ2n) is 6.44. The first-order chi connectivity index (χ1) is 13.3. The summed E-state index contributed by atoms with van der Waals surface area (Å²) < 4.78 is 30.0. The number of aromatic nitrogens is 4. The SMILES string of the molecule is CS(=O)(=O)c1nc(C(N)=O)nc2nc(N3CCOC[C@H]3c3ccccc3)[nH]c12. The number of nitrogens with two attached hydrogens (primary N) is 1. The van der Waals surface area contributed by atoms with Crippen molar-refractivity contribution in [3.05, 3.63) is 41.7 Å². The van der Waals surface area contributed by atoms with Crippen molar-refractivity contribution in [2.75, 3.05) is 30.9 Å². The van der Waals surface area contributed by atoms with E-state index in [9.17, 15) is 13.2 Å². The molecule has 0 unspecified atom stereocenters. The van der Waals surface area contributed by atoms with Crippen LogP contribution in [0.1, 0.15) is 22.2 Å². The monoisotopic (exact) mass is 402 g/mol. The molecule has 146 valence electrons. The average molecular weight is 402 g/mol. The molecule has 0 aliphatic carbocycles. The minimum Gasteiger partial charge on any atom is -0.377 e. The van der Waals surface area contributed by atoms with Crippen LogP contribution >= 0.6 is 0 Å². The van der Waals surface area contributed by atoms with Gasteiger partial charge in [-0.2, -0.15) is 4.98 Å². The Morgan fingerprint density at radius 1 is 1.25 bits per heavy atom. The summed E-state index contributed by atoms with van der Waals surface area (Å²) in [6.45, 7) is 1.50. The molecule has 11 heteroatoms. The van der Waals surface area contributed by atoms with Gasteiger partial charge in [0.2, 0.25) is 11.8 Å². The number of hydrogen-bond donors (Lipinski definition) is 2. The van der Waals surface area contributed by atoms with Gasteiger partial charge in [0.05, 0.1) is 19.3 Å². The van der Waals surface area contributed by atoms with E-state index in [-0.39, 0.29) is 22.2 Å². The molecule has 1 amide bonds. The highest BCUT2D eigenvalue weighted by Crippen LogP contribution is 2.30. The molecule has 1 aromatic carbocycles. The molecule has 10 nitrogen and oxygen atoms in total. The number of ether oxygens (including phenoxy) is 1. The molecule has 1 atom stereocenters. The van der Waals surface area contributed by atoms with E-state index in [4.69, 9.17) is 10.5 Å². The lowest BCUT2D eigenvalue weighted by atomic mass is 10.1. The molecule has 2 aromatic heterocycles. The van der Waals surface area contributed by atoms with Crippen molar-refractivity contribution < 1.29 is 17.9 Å². The Morgan fingerprint density at radius 2 is 2.00 bits per heavy atom. The Labute approximate surface area is 160 Å². The number of H-pyrrole nitrogens is 1. The summed E-state index contributed by atoms with van der Waals surface area (Å²) in [4.78, 5) is 28.8. The van der Waals surface area contributed by atoms with E-state index >= 15 is 0 Å². The number of sulfone groups is 1. The van der Waals surface area contributed by atoms with Crippen LogP contribution in [0, 0.1) is 0 Å². The normalized spacial score (nSPS) is 17.8. The Hall–Kier alpha value is -3.05. The number of benzene rings is 1. The molecule has 0 spiro atoms. The predicted molar refractivity (Wildman–Crippen MR) is 101 cm³/mol. The van der Waals surface area contributed by atoms with Crippen LogP contribution in [0.5, 0.6) is 0 Å². The van der Waals surface area contributed by atoms with Gasteiger partial charge in [0, 0.05) is 12.8 Å². The summed E-state index contributed by atoms with van der Waals surface area (Å²) in [7, 11) is -3.74. The number of aromatic amines is 1. The minimum atomic E-state index is -3.74. The Bertz CT molecular complexity index is 1150. The van der Waals surface area contributed by atoms with E-state index in [0.29, 0.717) is 25.7 Å². The van der Waals surface area contributed by atoms with Gasteiger partial charge in [0.25, 0.3) is 5.91 Å². The molecule has 1 aliphatic heterocycles. The number of imidazole rings is 1. The van der Waals surface area contributed by atoms with Crippen molar-refractivity contribution in [1.29, 1.82) is 0 Å². The molecule has 3 aromatic rings. The summed E-state index contributed by atoms with van der Waals surface area (Å²) in [5.41, 5.74) is 6.48. The molecule has 1 fully saturated rings. The van der Waals surface area contributed by atoms with Gasteiger partial charge < -0.3 is 20.4 Å². The number of rotatable bonds is 4. The van der Waals surface area contributed by atoms with Gasteiger partial charge in [0.1, 0.15) is 5.52 Å². The fourth-order valence-electron chi connectivity index (χ4n) is 3.18. The lowest BCUT2D eigenvalue weighted by molar-refractivity contribution is 0.0934. The third-order valence-corrected chi connectivity index (χ3v) is 5.46. The lowest BCUT2D eigenvalue weighted by Gasteiger charge is -2.35. The number of fused-ring (bicyclic) bond motifs is 1. The van der Waals surface area contributed by atoms with E-state index in [1.165, 1.54) is 0 Å². The van der Waals surface area contributed by atoms with Crippen LogP contribution < -0.4 is 10.6 Å². The topological polar surface area (TPSA) is 144 Å². The Morgan fingerprint density at radius 3 is 2.68 bits per heavy atom. The van der Waals surface area contributed by atoms with E-state index < -0.39 is 21.6 Å². The molecule has 1 saturated heterocycles. The molecule has 4 rings (SSSR count). The minimum absolute atomic E-state index is 0.0672. The van der Waals surface area contributed by atoms with Crippen molar-refractivity contribution in [1.82, 2.24) is 19.9 Å².